The van der Waals surface area contributed by atoms with Crippen LogP contribution in [0.3, 0.4) is 0 Å². The van der Waals surface area contributed by atoms with E-state index in [1.165, 1.54) is 0 Å². The molecule has 198 valence electrons. The zero-order valence-electron chi connectivity index (χ0n) is 21.6. The van der Waals surface area contributed by atoms with Crippen LogP contribution in [0.25, 0.3) is 0 Å². The molecule has 36 heavy (non-hydrogen) atoms. The van der Waals surface area contributed by atoms with Crippen molar-refractivity contribution in [3.63, 3.8) is 0 Å². The van der Waals surface area contributed by atoms with Crippen LogP contribution in [0.15, 0.2) is 48.5 Å². The highest BCUT2D eigenvalue weighted by molar-refractivity contribution is 5.76. The van der Waals surface area contributed by atoms with Crippen molar-refractivity contribution in [2.24, 2.45) is 0 Å². The summed E-state index contributed by atoms with van der Waals surface area (Å²) in [5, 5.41) is 5.77. The van der Waals surface area contributed by atoms with Gasteiger partial charge in [0.2, 0.25) is 11.8 Å². The van der Waals surface area contributed by atoms with Crippen LogP contribution in [-0.2, 0) is 9.59 Å². The highest BCUT2D eigenvalue weighted by Crippen LogP contribution is 2.17. The Morgan fingerprint density at radius 3 is 1.25 bits per heavy atom. The molecule has 0 saturated carbocycles. The number of methoxy groups -OCH3 is 2. The number of unbranched alkanes of at least 4 members (excludes halogenated alkanes) is 5. The molecule has 2 amide bonds. The Labute approximate surface area is 214 Å². The molecule has 0 fully saturated rings. The van der Waals surface area contributed by atoms with Crippen LogP contribution in [0.2, 0.25) is 0 Å². The second kappa shape index (κ2) is 17.9. The zero-order chi connectivity index (χ0) is 25.8. The molecule has 2 aromatic carbocycles. The molecule has 0 aliphatic carbocycles. The zero-order valence-corrected chi connectivity index (χ0v) is 21.6. The quantitative estimate of drug-likeness (QED) is 0.276. The van der Waals surface area contributed by atoms with E-state index < -0.39 is 0 Å². The number of carbonyl (C=O) groups excluding carboxylic acids is 2. The molecular formula is C28H40N2O6. The molecule has 0 atom stereocenters. The molecule has 2 aromatic rings. The molecule has 0 spiro atoms. The number of carbonyl (C=O) groups is 2. The Balaban J connectivity index is 1.35. The molecule has 8 nitrogen and oxygen atoms in total. The summed E-state index contributed by atoms with van der Waals surface area (Å²) in [6.07, 6.45) is 7.00. The Hall–Kier alpha value is -3.42. The van der Waals surface area contributed by atoms with Crippen LogP contribution in [0.1, 0.15) is 51.4 Å². The van der Waals surface area contributed by atoms with Gasteiger partial charge in [0.1, 0.15) is 36.2 Å². The minimum absolute atomic E-state index is 0.0565. The van der Waals surface area contributed by atoms with Gasteiger partial charge in [0.05, 0.1) is 27.3 Å². The maximum atomic E-state index is 11.9. The van der Waals surface area contributed by atoms with Gasteiger partial charge >= 0.3 is 0 Å². The predicted molar refractivity (Wildman–Crippen MR) is 140 cm³/mol. The van der Waals surface area contributed by atoms with E-state index >= 15 is 0 Å². The number of hydrogen-bond donors (Lipinski definition) is 2. The number of benzene rings is 2. The van der Waals surface area contributed by atoms with Crippen LogP contribution >= 0.6 is 0 Å². The van der Waals surface area contributed by atoms with Gasteiger partial charge in [-0.1, -0.05) is 25.7 Å². The van der Waals surface area contributed by atoms with E-state index in [0.29, 0.717) is 39.1 Å². The van der Waals surface area contributed by atoms with E-state index in [1.807, 2.05) is 48.5 Å². The van der Waals surface area contributed by atoms with Crippen molar-refractivity contribution in [1.82, 2.24) is 10.6 Å². The highest BCUT2D eigenvalue weighted by Gasteiger charge is 2.03. The van der Waals surface area contributed by atoms with E-state index in [0.717, 1.165) is 61.5 Å². The summed E-state index contributed by atoms with van der Waals surface area (Å²) in [5.74, 6) is 3.18. The van der Waals surface area contributed by atoms with Gasteiger partial charge < -0.3 is 29.6 Å². The Morgan fingerprint density at radius 2 is 0.889 bits per heavy atom. The average molecular weight is 501 g/mol. The third kappa shape index (κ3) is 12.9. The molecule has 0 saturated heterocycles. The maximum Gasteiger partial charge on any atom is 0.220 e. The molecule has 2 rings (SSSR count). The van der Waals surface area contributed by atoms with Crippen molar-refractivity contribution in [2.75, 3.05) is 40.5 Å². The summed E-state index contributed by atoms with van der Waals surface area (Å²) >= 11 is 0. The Bertz CT molecular complexity index is 797. The van der Waals surface area contributed by atoms with Gasteiger partial charge in [-0.15, -0.1) is 0 Å². The lowest BCUT2D eigenvalue weighted by molar-refractivity contribution is -0.122. The summed E-state index contributed by atoms with van der Waals surface area (Å²) in [6, 6.07) is 14.7. The van der Waals surface area contributed by atoms with Gasteiger partial charge in [-0.2, -0.15) is 0 Å². The first-order chi connectivity index (χ1) is 17.6. The standard InChI is InChI=1S/C28H40N2O6/c1-33-23-11-15-25(16-12-23)35-21-19-29-27(31)9-7-5-3-4-6-8-10-28(32)30-20-22-36-26-17-13-24(34-2)14-18-26/h11-18H,3-10,19-22H2,1-2H3,(H,29,31)(H,30,32). The van der Waals surface area contributed by atoms with Crippen molar-refractivity contribution in [3.05, 3.63) is 48.5 Å². The highest BCUT2D eigenvalue weighted by atomic mass is 16.5. The molecular weight excluding hydrogens is 460 g/mol. The summed E-state index contributed by atoms with van der Waals surface area (Å²) in [4.78, 5) is 23.8. The molecule has 8 heteroatoms. The minimum atomic E-state index is 0.0565. The predicted octanol–water partition coefficient (Wildman–Crippen LogP) is 4.51. The second-order valence-corrected chi connectivity index (χ2v) is 8.37. The fraction of sp³-hybridized carbons (Fsp3) is 0.500. The van der Waals surface area contributed by atoms with Crippen LogP contribution in [0.5, 0.6) is 23.0 Å². The fourth-order valence-electron chi connectivity index (χ4n) is 3.52. The third-order valence-corrected chi connectivity index (χ3v) is 5.56. The van der Waals surface area contributed by atoms with Crippen molar-refractivity contribution in [1.29, 1.82) is 0 Å². The van der Waals surface area contributed by atoms with Crippen LogP contribution in [0.4, 0.5) is 0 Å². The lowest BCUT2D eigenvalue weighted by Gasteiger charge is -2.09. The van der Waals surface area contributed by atoms with Gasteiger partial charge in [0, 0.05) is 12.8 Å². The van der Waals surface area contributed by atoms with E-state index in [4.69, 9.17) is 18.9 Å². The van der Waals surface area contributed by atoms with E-state index in [1.54, 1.807) is 14.2 Å². The van der Waals surface area contributed by atoms with Gasteiger partial charge in [-0.3, -0.25) is 9.59 Å². The van der Waals surface area contributed by atoms with Crippen LogP contribution in [-0.4, -0.2) is 52.3 Å². The number of nitrogens with one attached hydrogen (secondary N) is 2. The van der Waals surface area contributed by atoms with Gasteiger partial charge in [0.15, 0.2) is 0 Å². The molecule has 0 aliphatic rings. The van der Waals surface area contributed by atoms with Crippen molar-refractivity contribution < 1.29 is 28.5 Å². The average Bonchev–Trinajstić information content (AvgIpc) is 2.91. The lowest BCUT2D eigenvalue weighted by atomic mass is 10.1. The van der Waals surface area contributed by atoms with Gasteiger partial charge in [0.25, 0.3) is 0 Å². The van der Waals surface area contributed by atoms with E-state index in [2.05, 4.69) is 10.6 Å². The summed E-state index contributed by atoms with van der Waals surface area (Å²) in [5.41, 5.74) is 0. The van der Waals surface area contributed by atoms with E-state index in [9.17, 15) is 9.59 Å². The molecule has 0 radical (unpaired) electrons. The summed E-state index contributed by atoms with van der Waals surface area (Å²) < 4.78 is 21.4. The second-order valence-electron chi connectivity index (χ2n) is 8.37. The van der Waals surface area contributed by atoms with Gasteiger partial charge in [-0.25, -0.2) is 0 Å². The minimum Gasteiger partial charge on any atom is -0.497 e. The molecule has 0 aromatic heterocycles. The molecule has 0 heterocycles. The smallest absolute Gasteiger partial charge is 0.220 e. The topological polar surface area (TPSA) is 95.1 Å². The molecule has 0 aliphatic heterocycles. The van der Waals surface area contributed by atoms with Crippen molar-refractivity contribution >= 4 is 11.8 Å². The normalized spacial score (nSPS) is 10.4. The number of rotatable bonds is 19. The molecule has 0 unspecified atom stereocenters. The summed E-state index contributed by atoms with van der Waals surface area (Å²) in [6.45, 7) is 1.84. The fourth-order valence-corrected chi connectivity index (χ4v) is 3.52. The number of hydrogen-bond acceptors (Lipinski definition) is 6. The monoisotopic (exact) mass is 500 g/mol. The van der Waals surface area contributed by atoms with Gasteiger partial charge in [-0.05, 0) is 61.4 Å². The molecule has 0 bridgehead atoms. The first-order valence-electron chi connectivity index (χ1n) is 12.7. The third-order valence-electron chi connectivity index (χ3n) is 5.56. The number of ether oxygens (including phenoxy) is 4. The SMILES string of the molecule is COc1ccc(OCCNC(=O)CCCCCCCCC(=O)NCCOc2ccc(OC)cc2)cc1. The van der Waals surface area contributed by atoms with Crippen molar-refractivity contribution in [3.8, 4) is 23.0 Å². The lowest BCUT2D eigenvalue weighted by Crippen LogP contribution is -2.27. The number of amides is 2. The first kappa shape index (κ1) is 28.8. The molecule has 2 N–H and O–H groups in total. The Morgan fingerprint density at radius 1 is 0.556 bits per heavy atom. The maximum absolute atomic E-state index is 11.9. The van der Waals surface area contributed by atoms with E-state index in [-0.39, 0.29) is 11.8 Å². The largest absolute Gasteiger partial charge is 0.497 e. The summed E-state index contributed by atoms with van der Waals surface area (Å²) in [7, 11) is 3.24. The first-order valence-corrected chi connectivity index (χ1v) is 12.7. The van der Waals surface area contributed by atoms with Crippen LogP contribution < -0.4 is 29.6 Å². The van der Waals surface area contributed by atoms with Crippen LogP contribution in [0, 0.1) is 0 Å². The van der Waals surface area contributed by atoms with Crippen molar-refractivity contribution in [2.45, 2.75) is 51.4 Å². The Kier molecular flexibility index (Phi) is 14.4.